The van der Waals surface area contributed by atoms with Crippen LogP contribution in [0.2, 0.25) is 0 Å². The molecule has 0 unspecified atom stereocenters. The van der Waals surface area contributed by atoms with Gasteiger partial charge in [0, 0.05) is 43.5 Å². The second-order valence-corrected chi connectivity index (χ2v) is 7.36. The predicted octanol–water partition coefficient (Wildman–Crippen LogP) is 2.11. The molecule has 0 spiro atoms. The number of imide groups is 1. The van der Waals surface area contributed by atoms with Gasteiger partial charge >= 0.3 is 0 Å². The summed E-state index contributed by atoms with van der Waals surface area (Å²) in [6.45, 7) is 1.31. The Hall–Kier alpha value is -1.73. The Labute approximate surface area is 155 Å². The zero-order chi connectivity index (χ0) is 17.9. The molecule has 0 bridgehead atoms. The van der Waals surface area contributed by atoms with Crippen LogP contribution >= 0.6 is 15.9 Å². The van der Waals surface area contributed by atoms with Crippen molar-refractivity contribution in [2.45, 2.75) is 37.6 Å². The molecule has 1 aromatic rings. The molecular weight excluding hydrogens is 388 g/mol. The predicted molar refractivity (Wildman–Crippen MR) is 94.6 cm³/mol. The zero-order valence-electron chi connectivity index (χ0n) is 13.9. The molecule has 0 aromatic heterocycles. The van der Waals surface area contributed by atoms with E-state index in [1.807, 2.05) is 24.3 Å². The average Bonchev–Trinajstić information content (AvgIpc) is 2.92. The van der Waals surface area contributed by atoms with Gasteiger partial charge in [0.25, 0.3) is 0 Å². The summed E-state index contributed by atoms with van der Waals surface area (Å²) in [6.07, 6.45) is 2.00. The topological polar surface area (TPSA) is 75.7 Å². The lowest BCUT2D eigenvalue weighted by atomic mass is 9.82. The third kappa shape index (κ3) is 4.10. The summed E-state index contributed by atoms with van der Waals surface area (Å²) >= 11 is 3.48. The molecule has 3 amide bonds. The van der Waals surface area contributed by atoms with Gasteiger partial charge in [-0.15, -0.1) is 0 Å². The van der Waals surface area contributed by atoms with E-state index in [1.165, 1.54) is 4.90 Å². The zero-order valence-corrected chi connectivity index (χ0v) is 15.5. The highest BCUT2D eigenvalue weighted by molar-refractivity contribution is 9.10. The van der Waals surface area contributed by atoms with Gasteiger partial charge < -0.3 is 10.1 Å². The number of amides is 3. The molecule has 3 rings (SSSR count). The SMILES string of the molecule is O=C(CCN1C(=O)CCC1=O)NC1(c2cccc(Br)c2)CCOCC1. The van der Waals surface area contributed by atoms with Gasteiger partial charge in [-0.25, -0.2) is 0 Å². The van der Waals surface area contributed by atoms with Gasteiger partial charge in [-0.05, 0) is 30.5 Å². The Kier molecular flexibility index (Phi) is 5.54. The van der Waals surface area contributed by atoms with Crippen LogP contribution in [-0.4, -0.2) is 42.4 Å². The van der Waals surface area contributed by atoms with E-state index in [1.54, 1.807) is 0 Å². The third-order valence-electron chi connectivity index (χ3n) is 4.82. The lowest BCUT2D eigenvalue weighted by Crippen LogP contribution is -2.50. The second kappa shape index (κ2) is 7.66. The molecule has 2 aliphatic rings. The first-order valence-electron chi connectivity index (χ1n) is 8.48. The number of likely N-dealkylation sites (tertiary alicyclic amines) is 1. The molecule has 2 fully saturated rings. The van der Waals surface area contributed by atoms with Crippen LogP contribution in [0.15, 0.2) is 28.7 Å². The highest BCUT2D eigenvalue weighted by Gasteiger charge is 2.36. The minimum absolute atomic E-state index is 0.119. The van der Waals surface area contributed by atoms with Crippen LogP contribution in [0, 0.1) is 0 Å². The number of nitrogens with one attached hydrogen (secondary N) is 1. The number of carbonyl (C=O) groups is 3. The molecule has 7 heteroatoms. The highest BCUT2D eigenvalue weighted by Crippen LogP contribution is 2.33. The van der Waals surface area contributed by atoms with Crippen LogP contribution in [0.25, 0.3) is 0 Å². The van der Waals surface area contributed by atoms with Crippen LogP contribution in [0.1, 0.15) is 37.7 Å². The molecule has 2 heterocycles. The molecule has 25 heavy (non-hydrogen) atoms. The number of benzene rings is 1. The van der Waals surface area contributed by atoms with Crippen molar-refractivity contribution >= 4 is 33.7 Å². The fourth-order valence-electron chi connectivity index (χ4n) is 3.41. The van der Waals surface area contributed by atoms with Crippen molar-refractivity contribution in [1.29, 1.82) is 0 Å². The maximum absolute atomic E-state index is 12.5. The molecule has 2 saturated heterocycles. The van der Waals surface area contributed by atoms with Crippen molar-refractivity contribution in [2.24, 2.45) is 0 Å². The number of ether oxygens (including phenoxy) is 1. The molecular formula is C18H21BrN2O4. The lowest BCUT2D eigenvalue weighted by Gasteiger charge is -2.38. The number of nitrogens with zero attached hydrogens (tertiary/aromatic N) is 1. The second-order valence-electron chi connectivity index (χ2n) is 6.44. The van der Waals surface area contributed by atoms with Gasteiger partial charge in [0.2, 0.25) is 17.7 Å². The number of halogens is 1. The number of rotatable bonds is 5. The normalized spacial score (nSPS) is 20.0. The Bertz CT molecular complexity index is 669. The monoisotopic (exact) mass is 408 g/mol. The van der Waals surface area contributed by atoms with Gasteiger partial charge in [-0.1, -0.05) is 28.1 Å². The van der Waals surface area contributed by atoms with Crippen LogP contribution in [0.4, 0.5) is 0 Å². The summed E-state index contributed by atoms with van der Waals surface area (Å²) in [4.78, 5) is 37.0. The fraction of sp³-hybridized carbons (Fsp3) is 0.500. The van der Waals surface area contributed by atoms with Crippen molar-refractivity contribution in [3.63, 3.8) is 0 Å². The maximum Gasteiger partial charge on any atom is 0.229 e. The molecule has 6 nitrogen and oxygen atoms in total. The van der Waals surface area contributed by atoms with E-state index in [0.29, 0.717) is 26.1 Å². The van der Waals surface area contributed by atoms with Crippen molar-refractivity contribution < 1.29 is 19.1 Å². The van der Waals surface area contributed by atoms with Crippen molar-refractivity contribution in [2.75, 3.05) is 19.8 Å². The highest BCUT2D eigenvalue weighted by atomic mass is 79.9. The van der Waals surface area contributed by atoms with Crippen LogP contribution in [0.5, 0.6) is 0 Å². The summed E-state index contributed by atoms with van der Waals surface area (Å²) in [7, 11) is 0. The largest absolute Gasteiger partial charge is 0.381 e. The van der Waals surface area contributed by atoms with Crippen molar-refractivity contribution in [3.8, 4) is 0 Å². The number of hydrogen-bond acceptors (Lipinski definition) is 4. The first kappa shape index (κ1) is 18.1. The van der Waals surface area contributed by atoms with Gasteiger partial charge in [0.1, 0.15) is 0 Å². The Morgan fingerprint density at radius 1 is 1.20 bits per heavy atom. The van der Waals surface area contributed by atoms with E-state index in [-0.39, 0.29) is 43.5 Å². The van der Waals surface area contributed by atoms with E-state index >= 15 is 0 Å². The minimum Gasteiger partial charge on any atom is -0.381 e. The van der Waals surface area contributed by atoms with Gasteiger partial charge in [-0.3, -0.25) is 19.3 Å². The van der Waals surface area contributed by atoms with Gasteiger partial charge in [-0.2, -0.15) is 0 Å². The summed E-state index contributed by atoms with van der Waals surface area (Å²) in [5, 5.41) is 3.14. The third-order valence-corrected chi connectivity index (χ3v) is 5.31. The lowest BCUT2D eigenvalue weighted by molar-refractivity contribution is -0.138. The molecule has 0 aliphatic carbocycles. The first-order valence-corrected chi connectivity index (χ1v) is 9.27. The maximum atomic E-state index is 12.5. The van der Waals surface area contributed by atoms with Gasteiger partial charge in [0.15, 0.2) is 0 Å². The smallest absolute Gasteiger partial charge is 0.229 e. The molecule has 0 atom stereocenters. The number of carbonyl (C=O) groups excluding carboxylic acids is 3. The summed E-state index contributed by atoms with van der Waals surface area (Å²) < 4.78 is 6.42. The Balaban J connectivity index is 1.69. The van der Waals surface area contributed by atoms with Crippen molar-refractivity contribution in [3.05, 3.63) is 34.3 Å². The van der Waals surface area contributed by atoms with E-state index in [2.05, 4.69) is 21.2 Å². The molecule has 2 aliphatic heterocycles. The van der Waals surface area contributed by atoms with Crippen LogP contribution in [0.3, 0.4) is 0 Å². The summed E-state index contributed by atoms with van der Waals surface area (Å²) in [6, 6.07) is 7.91. The van der Waals surface area contributed by atoms with E-state index in [4.69, 9.17) is 4.74 Å². The molecule has 134 valence electrons. The van der Waals surface area contributed by atoms with Crippen molar-refractivity contribution in [1.82, 2.24) is 10.2 Å². The summed E-state index contributed by atoms with van der Waals surface area (Å²) in [5.41, 5.74) is 0.560. The van der Waals surface area contributed by atoms with E-state index in [0.717, 1.165) is 10.0 Å². The van der Waals surface area contributed by atoms with E-state index in [9.17, 15) is 14.4 Å². The quantitative estimate of drug-likeness (QED) is 0.756. The first-order chi connectivity index (χ1) is 12.0. The number of hydrogen-bond donors (Lipinski definition) is 1. The van der Waals surface area contributed by atoms with Gasteiger partial charge in [0.05, 0.1) is 5.54 Å². The van der Waals surface area contributed by atoms with E-state index < -0.39 is 5.54 Å². The fourth-order valence-corrected chi connectivity index (χ4v) is 3.81. The molecule has 0 saturated carbocycles. The molecule has 0 radical (unpaired) electrons. The Morgan fingerprint density at radius 2 is 1.88 bits per heavy atom. The molecule has 1 aromatic carbocycles. The Morgan fingerprint density at radius 3 is 2.52 bits per heavy atom. The molecule has 1 N–H and O–H groups in total. The minimum atomic E-state index is -0.474. The summed E-state index contributed by atoms with van der Waals surface area (Å²) in [5.74, 6) is -0.537. The van der Waals surface area contributed by atoms with Crippen LogP contribution < -0.4 is 5.32 Å². The van der Waals surface area contributed by atoms with Crippen LogP contribution in [-0.2, 0) is 24.7 Å². The average molecular weight is 409 g/mol. The standard InChI is InChI=1S/C18H21BrN2O4/c19-14-3-1-2-13(12-14)18(7-10-25-11-8-18)20-15(22)6-9-21-16(23)4-5-17(21)24/h1-3,12H,4-11H2,(H,20,22).